The molecule has 0 atom stereocenters. The molecular formula is C24H29N7O. The van der Waals surface area contributed by atoms with Crippen LogP contribution in [0.15, 0.2) is 53.6 Å². The highest BCUT2D eigenvalue weighted by atomic mass is 16.1. The Morgan fingerprint density at radius 3 is 2.50 bits per heavy atom. The monoisotopic (exact) mass is 431 g/mol. The van der Waals surface area contributed by atoms with Gasteiger partial charge in [-0.15, -0.1) is 10.2 Å². The molecule has 1 aromatic carbocycles. The molecule has 0 amide bonds. The summed E-state index contributed by atoms with van der Waals surface area (Å²) in [7, 11) is 0. The smallest absolute Gasteiger partial charge is 0.299 e. The van der Waals surface area contributed by atoms with E-state index in [4.69, 9.17) is 0 Å². The van der Waals surface area contributed by atoms with E-state index < -0.39 is 0 Å². The Kier molecular flexibility index (Phi) is 6.89. The van der Waals surface area contributed by atoms with Gasteiger partial charge in [-0.1, -0.05) is 57.0 Å². The summed E-state index contributed by atoms with van der Waals surface area (Å²) in [6.45, 7) is 5.55. The number of aromatic nitrogens is 7. The number of benzene rings is 1. The predicted molar refractivity (Wildman–Crippen MR) is 124 cm³/mol. The highest BCUT2D eigenvalue weighted by Crippen LogP contribution is 2.29. The summed E-state index contributed by atoms with van der Waals surface area (Å²) in [5.74, 6) is 0.546. The van der Waals surface area contributed by atoms with Crippen LogP contribution in [0, 0.1) is 0 Å². The molecule has 1 N–H and O–H groups in total. The molecule has 0 radical (unpaired) electrons. The van der Waals surface area contributed by atoms with Crippen LogP contribution in [0.5, 0.6) is 0 Å². The maximum atomic E-state index is 13.0. The van der Waals surface area contributed by atoms with Crippen molar-refractivity contribution in [2.45, 2.75) is 59.0 Å². The third-order valence-electron chi connectivity index (χ3n) is 5.64. The molecule has 0 bridgehead atoms. The summed E-state index contributed by atoms with van der Waals surface area (Å²) in [6, 6.07) is 11.9. The van der Waals surface area contributed by atoms with Gasteiger partial charge in [-0.05, 0) is 36.1 Å². The Labute approximate surface area is 187 Å². The molecule has 166 valence electrons. The van der Waals surface area contributed by atoms with E-state index in [1.807, 2.05) is 57.9 Å². The van der Waals surface area contributed by atoms with Crippen LogP contribution in [0.4, 0.5) is 0 Å². The highest BCUT2D eigenvalue weighted by Gasteiger charge is 2.14. The van der Waals surface area contributed by atoms with Crippen LogP contribution in [0.3, 0.4) is 0 Å². The summed E-state index contributed by atoms with van der Waals surface area (Å²) < 4.78 is 3.73. The van der Waals surface area contributed by atoms with Crippen molar-refractivity contribution >= 4 is 0 Å². The summed E-state index contributed by atoms with van der Waals surface area (Å²) >= 11 is 0. The zero-order chi connectivity index (χ0) is 22.3. The summed E-state index contributed by atoms with van der Waals surface area (Å²) in [5.41, 5.74) is 4.84. The lowest BCUT2D eigenvalue weighted by molar-refractivity contribution is 0.589. The van der Waals surface area contributed by atoms with E-state index >= 15 is 0 Å². The second-order valence-corrected chi connectivity index (χ2v) is 7.96. The maximum Gasteiger partial charge on any atom is 0.328 e. The number of hydrogen-bond acceptors (Lipinski definition) is 5. The first kappa shape index (κ1) is 21.7. The number of H-pyrrole nitrogens is 1. The molecule has 0 fully saturated rings. The van der Waals surface area contributed by atoms with Crippen LogP contribution in [0.25, 0.3) is 22.5 Å². The fourth-order valence-corrected chi connectivity index (χ4v) is 3.84. The fraction of sp³-hybridized carbons (Fsp3) is 0.375. The molecule has 4 aromatic rings. The van der Waals surface area contributed by atoms with Crippen LogP contribution in [-0.4, -0.2) is 34.7 Å². The number of nitrogens with zero attached hydrogens (tertiary/aromatic N) is 6. The van der Waals surface area contributed by atoms with Gasteiger partial charge in [-0.2, -0.15) is 5.21 Å². The minimum atomic E-state index is 0.0536. The van der Waals surface area contributed by atoms with Crippen LogP contribution < -0.4 is 5.69 Å². The third-order valence-corrected chi connectivity index (χ3v) is 5.64. The van der Waals surface area contributed by atoms with Crippen molar-refractivity contribution < 1.29 is 0 Å². The van der Waals surface area contributed by atoms with Crippen molar-refractivity contribution in [1.29, 1.82) is 0 Å². The number of imidazole rings is 1. The average molecular weight is 432 g/mol. The van der Waals surface area contributed by atoms with E-state index in [1.165, 1.54) is 0 Å². The number of tetrazole rings is 1. The first-order valence-electron chi connectivity index (χ1n) is 11.3. The van der Waals surface area contributed by atoms with Crippen molar-refractivity contribution in [3.63, 3.8) is 0 Å². The van der Waals surface area contributed by atoms with Crippen LogP contribution in [0.1, 0.15) is 50.9 Å². The van der Waals surface area contributed by atoms with E-state index in [2.05, 4.69) is 39.5 Å². The molecule has 0 aliphatic rings. The van der Waals surface area contributed by atoms with Crippen molar-refractivity contribution in [1.82, 2.24) is 34.7 Å². The van der Waals surface area contributed by atoms with Gasteiger partial charge in [0.05, 0.1) is 12.2 Å². The normalized spacial score (nSPS) is 11.2. The summed E-state index contributed by atoms with van der Waals surface area (Å²) in [5, 5.41) is 14.4. The molecule has 0 unspecified atom stereocenters. The molecule has 4 rings (SSSR count). The highest BCUT2D eigenvalue weighted by molar-refractivity contribution is 5.79. The third kappa shape index (κ3) is 4.69. The first-order chi connectivity index (χ1) is 15.7. The van der Waals surface area contributed by atoms with Gasteiger partial charge in [0, 0.05) is 35.8 Å². The zero-order valence-electron chi connectivity index (χ0n) is 18.7. The molecule has 3 aromatic heterocycles. The lowest BCUT2D eigenvalue weighted by Gasteiger charge is -2.09. The van der Waals surface area contributed by atoms with Crippen LogP contribution in [-0.2, 0) is 19.5 Å². The molecule has 32 heavy (non-hydrogen) atoms. The quantitative estimate of drug-likeness (QED) is 0.408. The Bertz CT molecular complexity index is 1190. The molecule has 0 saturated carbocycles. The predicted octanol–water partition coefficient (Wildman–Crippen LogP) is 4.08. The first-order valence-corrected chi connectivity index (χ1v) is 11.3. The van der Waals surface area contributed by atoms with Gasteiger partial charge < -0.3 is 0 Å². The molecule has 0 aliphatic carbocycles. The van der Waals surface area contributed by atoms with Crippen molar-refractivity contribution in [3.8, 4) is 22.5 Å². The Morgan fingerprint density at radius 2 is 1.81 bits per heavy atom. The molecule has 0 spiro atoms. The standard InChI is InChI=1S/C24H29N7O/c1-3-5-9-20-17-30(14-6-4-2)24(32)31(20)16-19-13-12-18(15-25-19)21-10-7-8-11-22(21)23-26-28-29-27-23/h7-8,10-13,15,17H,3-6,9,14,16H2,1-2H3,(H,26,27,28,29). The van der Waals surface area contributed by atoms with E-state index in [-0.39, 0.29) is 5.69 Å². The zero-order valence-corrected chi connectivity index (χ0v) is 18.7. The van der Waals surface area contributed by atoms with Gasteiger partial charge in [0.2, 0.25) is 5.82 Å². The summed E-state index contributed by atoms with van der Waals surface area (Å²) in [4.78, 5) is 17.7. The lowest BCUT2D eigenvalue weighted by Crippen LogP contribution is -2.26. The van der Waals surface area contributed by atoms with Gasteiger partial charge in [0.25, 0.3) is 0 Å². The lowest BCUT2D eigenvalue weighted by atomic mass is 10.0. The molecule has 0 aliphatic heterocycles. The molecule has 0 saturated heterocycles. The summed E-state index contributed by atoms with van der Waals surface area (Å²) in [6.07, 6.45) is 9.01. The Balaban J connectivity index is 1.60. The van der Waals surface area contributed by atoms with E-state index in [0.717, 1.165) is 66.7 Å². The number of aryl methyl sites for hydroxylation is 2. The Hall–Kier alpha value is -3.55. The average Bonchev–Trinajstić information content (AvgIpc) is 3.46. The van der Waals surface area contributed by atoms with Crippen molar-refractivity contribution in [2.24, 2.45) is 0 Å². The van der Waals surface area contributed by atoms with Crippen LogP contribution in [0.2, 0.25) is 0 Å². The fourth-order valence-electron chi connectivity index (χ4n) is 3.84. The number of pyridine rings is 1. The number of rotatable bonds is 10. The minimum Gasteiger partial charge on any atom is -0.299 e. The Morgan fingerprint density at radius 1 is 1.00 bits per heavy atom. The second kappa shape index (κ2) is 10.2. The maximum absolute atomic E-state index is 13.0. The number of unbranched alkanes of at least 4 members (excludes halogenated alkanes) is 2. The van der Waals surface area contributed by atoms with E-state index in [0.29, 0.717) is 12.4 Å². The van der Waals surface area contributed by atoms with E-state index in [9.17, 15) is 4.79 Å². The SMILES string of the molecule is CCCCc1cn(CCCC)c(=O)n1Cc1ccc(-c2ccccc2-c2nn[nH]n2)cn1. The number of nitrogens with one attached hydrogen (secondary N) is 1. The number of aromatic amines is 1. The molecule has 8 heteroatoms. The van der Waals surface area contributed by atoms with Gasteiger partial charge in [0.15, 0.2) is 0 Å². The van der Waals surface area contributed by atoms with Crippen molar-refractivity contribution in [2.75, 3.05) is 0 Å². The molecular weight excluding hydrogens is 402 g/mol. The van der Waals surface area contributed by atoms with Crippen LogP contribution >= 0.6 is 0 Å². The second-order valence-electron chi connectivity index (χ2n) is 7.96. The topological polar surface area (TPSA) is 94.3 Å². The van der Waals surface area contributed by atoms with Gasteiger partial charge in [-0.3, -0.25) is 14.1 Å². The minimum absolute atomic E-state index is 0.0536. The molecule has 3 heterocycles. The molecule has 8 nitrogen and oxygen atoms in total. The van der Waals surface area contributed by atoms with Crippen molar-refractivity contribution in [3.05, 3.63) is 70.7 Å². The van der Waals surface area contributed by atoms with Gasteiger partial charge in [-0.25, -0.2) is 4.79 Å². The van der Waals surface area contributed by atoms with E-state index in [1.54, 1.807) is 0 Å². The van der Waals surface area contributed by atoms with Gasteiger partial charge >= 0.3 is 5.69 Å². The number of hydrogen-bond donors (Lipinski definition) is 1. The largest absolute Gasteiger partial charge is 0.328 e. The van der Waals surface area contributed by atoms with Gasteiger partial charge in [0.1, 0.15) is 0 Å².